The monoisotopic (exact) mass is 279 g/mol. The number of amides is 1. The summed E-state index contributed by atoms with van der Waals surface area (Å²) in [7, 11) is 0. The maximum atomic E-state index is 12.4. The maximum absolute atomic E-state index is 12.4. The van der Waals surface area contributed by atoms with Crippen LogP contribution < -0.4 is 5.32 Å². The smallest absolute Gasteiger partial charge is 0.254 e. The molecule has 1 aromatic carbocycles. The molecule has 1 amide bonds. The van der Waals surface area contributed by atoms with Gasteiger partial charge in [-0.2, -0.15) is 0 Å². The average Bonchev–Trinajstić information content (AvgIpc) is 2.55. The van der Waals surface area contributed by atoms with Gasteiger partial charge < -0.3 is 5.32 Å². The minimum Gasteiger partial charge on any atom is -0.344 e. The van der Waals surface area contributed by atoms with E-state index >= 15 is 0 Å². The highest BCUT2D eigenvalue weighted by Crippen LogP contribution is 2.16. The minimum atomic E-state index is -0.211. The number of para-hydroxylation sites is 1. The van der Waals surface area contributed by atoms with Crippen molar-refractivity contribution in [1.29, 1.82) is 0 Å². The molecule has 6 heteroatoms. The van der Waals surface area contributed by atoms with Gasteiger partial charge >= 0.3 is 0 Å². The van der Waals surface area contributed by atoms with E-state index in [0.717, 1.165) is 11.1 Å². The number of hydrogen-bond acceptors (Lipinski definition) is 5. The van der Waals surface area contributed by atoms with Crippen molar-refractivity contribution in [3.8, 4) is 0 Å². The van der Waals surface area contributed by atoms with E-state index in [1.165, 1.54) is 12.7 Å². The summed E-state index contributed by atoms with van der Waals surface area (Å²) in [6.07, 6.45) is 6.24. The first-order valence-corrected chi connectivity index (χ1v) is 6.51. The Morgan fingerprint density at radius 3 is 2.81 bits per heavy atom. The number of hydrogen-bond donors (Lipinski definition) is 1. The zero-order valence-corrected chi connectivity index (χ0v) is 11.4. The summed E-state index contributed by atoms with van der Waals surface area (Å²) in [4.78, 5) is 28.6. The van der Waals surface area contributed by atoms with Gasteiger partial charge in [0.15, 0.2) is 0 Å². The molecule has 0 radical (unpaired) electrons. The molecule has 3 aromatic rings. The standard InChI is InChI=1S/C15H13N5O/c1-10(13-5-6-16-8-18-13)20-15(21)12-4-2-3-11-7-17-9-19-14(11)12/h2-10H,1H3,(H,20,21). The van der Waals surface area contributed by atoms with Crippen LogP contribution in [0.15, 0.2) is 49.3 Å². The molecule has 2 heterocycles. The Labute approximate surface area is 121 Å². The second-order valence-corrected chi connectivity index (χ2v) is 4.60. The SMILES string of the molecule is CC(NC(=O)c1cccc2cncnc12)c1ccncn1. The van der Waals surface area contributed by atoms with Gasteiger partial charge in [-0.25, -0.2) is 19.9 Å². The first-order valence-electron chi connectivity index (χ1n) is 6.51. The van der Waals surface area contributed by atoms with Crippen LogP contribution in [0.1, 0.15) is 29.0 Å². The van der Waals surface area contributed by atoms with Crippen molar-refractivity contribution in [2.75, 3.05) is 0 Å². The third-order valence-electron chi connectivity index (χ3n) is 3.18. The van der Waals surface area contributed by atoms with Crippen molar-refractivity contribution in [2.45, 2.75) is 13.0 Å². The summed E-state index contributed by atoms with van der Waals surface area (Å²) in [6, 6.07) is 7.00. The lowest BCUT2D eigenvalue weighted by Crippen LogP contribution is -2.27. The lowest BCUT2D eigenvalue weighted by atomic mass is 10.1. The van der Waals surface area contributed by atoms with Crippen LogP contribution in [0.3, 0.4) is 0 Å². The summed E-state index contributed by atoms with van der Waals surface area (Å²) in [6.45, 7) is 1.88. The third kappa shape index (κ3) is 2.69. The molecule has 2 aromatic heterocycles. The molecule has 1 unspecified atom stereocenters. The Morgan fingerprint density at radius 1 is 1.14 bits per heavy atom. The molecule has 104 valence electrons. The van der Waals surface area contributed by atoms with E-state index in [1.807, 2.05) is 19.1 Å². The van der Waals surface area contributed by atoms with Gasteiger partial charge in [0.25, 0.3) is 5.91 Å². The van der Waals surface area contributed by atoms with Crippen LogP contribution in [0.4, 0.5) is 0 Å². The van der Waals surface area contributed by atoms with Gasteiger partial charge in [-0.15, -0.1) is 0 Å². The van der Waals surface area contributed by atoms with E-state index in [0.29, 0.717) is 11.1 Å². The number of nitrogens with zero attached hydrogens (tertiary/aromatic N) is 4. The van der Waals surface area contributed by atoms with Gasteiger partial charge in [0.2, 0.25) is 0 Å². The number of aromatic nitrogens is 4. The molecule has 1 N–H and O–H groups in total. The van der Waals surface area contributed by atoms with E-state index < -0.39 is 0 Å². The molecule has 6 nitrogen and oxygen atoms in total. The summed E-state index contributed by atoms with van der Waals surface area (Å²) < 4.78 is 0. The normalized spacial score (nSPS) is 12.0. The molecule has 1 atom stereocenters. The number of carbonyl (C=O) groups is 1. The van der Waals surface area contributed by atoms with Crippen molar-refractivity contribution in [1.82, 2.24) is 25.3 Å². The Balaban J connectivity index is 1.88. The van der Waals surface area contributed by atoms with E-state index in [9.17, 15) is 4.79 Å². The Morgan fingerprint density at radius 2 is 2.00 bits per heavy atom. The molecule has 0 aliphatic carbocycles. The predicted octanol–water partition coefficient (Wildman–Crippen LogP) is 1.91. The van der Waals surface area contributed by atoms with Gasteiger partial charge in [-0.3, -0.25) is 4.79 Å². The minimum absolute atomic E-state index is 0.189. The van der Waals surface area contributed by atoms with E-state index in [4.69, 9.17) is 0 Å². The van der Waals surface area contributed by atoms with Crippen molar-refractivity contribution < 1.29 is 4.79 Å². The van der Waals surface area contributed by atoms with Gasteiger partial charge in [0, 0.05) is 17.8 Å². The van der Waals surface area contributed by atoms with Gasteiger partial charge in [0.05, 0.1) is 22.8 Å². The van der Waals surface area contributed by atoms with Crippen LogP contribution in [0.2, 0.25) is 0 Å². The van der Waals surface area contributed by atoms with E-state index in [2.05, 4.69) is 25.3 Å². The maximum Gasteiger partial charge on any atom is 0.254 e. The van der Waals surface area contributed by atoms with Gasteiger partial charge in [-0.1, -0.05) is 12.1 Å². The molecule has 0 aliphatic rings. The largest absolute Gasteiger partial charge is 0.344 e. The Hall–Kier alpha value is -2.89. The Kier molecular flexibility index (Phi) is 3.51. The molecular weight excluding hydrogens is 266 g/mol. The highest BCUT2D eigenvalue weighted by Gasteiger charge is 2.15. The fourth-order valence-corrected chi connectivity index (χ4v) is 2.10. The molecular formula is C15H13N5O. The molecule has 0 saturated carbocycles. The molecule has 0 spiro atoms. The second kappa shape index (κ2) is 5.62. The summed E-state index contributed by atoms with van der Waals surface area (Å²) in [5, 5.41) is 3.75. The first kappa shape index (κ1) is 13.1. The van der Waals surface area contributed by atoms with Crippen LogP contribution in [0.5, 0.6) is 0 Å². The van der Waals surface area contributed by atoms with Crippen molar-refractivity contribution >= 4 is 16.8 Å². The molecule has 0 aliphatic heterocycles. The van der Waals surface area contributed by atoms with Gasteiger partial charge in [0.1, 0.15) is 12.7 Å². The lowest BCUT2D eigenvalue weighted by Gasteiger charge is -2.13. The molecule has 0 bridgehead atoms. The molecule has 0 saturated heterocycles. The van der Waals surface area contributed by atoms with Crippen LogP contribution >= 0.6 is 0 Å². The third-order valence-corrected chi connectivity index (χ3v) is 3.18. The van der Waals surface area contributed by atoms with Crippen molar-refractivity contribution in [3.63, 3.8) is 0 Å². The highest BCUT2D eigenvalue weighted by atomic mass is 16.1. The first-order chi connectivity index (χ1) is 10.3. The van der Waals surface area contributed by atoms with Crippen LogP contribution in [-0.2, 0) is 0 Å². The summed E-state index contributed by atoms with van der Waals surface area (Å²) in [5.41, 5.74) is 1.92. The number of fused-ring (bicyclic) bond motifs is 1. The van der Waals surface area contributed by atoms with Crippen LogP contribution in [0.25, 0.3) is 10.9 Å². The van der Waals surface area contributed by atoms with Crippen LogP contribution in [-0.4, -0.2) is 25.8 Å². The topological polar surface area (TPSA) is 80.7 Å². The molecule has 3 rings (SSSR count). The van der Waals surface area contributed by atoms with E-state index in [-0.39, 0.29) is 11.9 Å². The Bertz CT molecular complexity index is 770. The zero-order valence-electron chi connectivity index (χ0n) is 11.4. The lowest BCUT2D eigenvalue weighted by molar-refractivity contribution is 0.0940. The highest BCUT2D eigenvalue weighted by molar-refractivity contribution is 6.05. The van der Waals surface area contributed by atoms with Gasteiger partial charge in [-0.05, 0) is 19.1 Å². The van der Waals surface area contributed by atoms with Crippen molar-refractivity contribution in [3.05, 3.63) is 60.6 Å². The van der Waals surface area contributed by atoms with Crippen molar-refractivity contribution in [2.24, 2.45) is 0 Å². The second-order valence-electron chi connectivity index (χ2n) is 4.60. The quantitative estimate of drug-likeness (QED) is 0.792. The zero-order chi connectivity index (χ0) is 14.7. The average molecular weight is 279 g/mol. The number of carbonyl (C=O) groups excluding carboxylic acids is 1. The van der Waals surface area contributed by atoms with E-state index in [1.54, 1.807) is 24.5 Å². The fourth-order valence-electron chi connectivity index (χ4n) is 2.10. The number of nitrogens with one attached hydrogen (secondary N) is 1. The predicted molar refractivity (Wildman–Crippen MR) is 77.5 cm³/mol. The molecule has 0 fully saturated rings. The number of benzene rings is 1. The summed E-state index contributed by atoms with van der Waals surface area (Å²) >= 11 is 0. The van der Waals surface area contributed by atoms with Crippen LogP contribution in [0, 0.1) is 0 Å². The summed E-state index contributed by atoms with van der Waals surface area (Å²) in [5.74, 6) is -0.189. The fraction of sp³-hybridized carbons (Fsp3) is 0.133. The number of rotatable bonds is 3. The molecule has 21 heavy (non-hydrogen) atoms.